The maximum atomic E-state index is 5.96. The molecule has 0 spiro atoms. The molecule has 1 unspecified atom stereocenters. The number of benzene rings is 1. The van der Waals surface area contributed by atoms with Crippen molar-refractivity contribution in [3.63, 3.8) is 0 Å². The van der Waals surface area contributed by atoms with E-state index in [0.717, 1.165) is 31.7 Å². The van der Waals surface area contributed by atoms with Crippen molar-refractivity contribution < 1.29 is 4.74 Å². The molecule has 0 aliphatic rings. The molecule has 20 heavy (non-hydrogen) atoms. The summed E-state index contributed by atoms with van der Waals surface area (Å²) in [5.74, 6) is 1.01. The van der Waals surface area contributed by atoms with Gasteiger partial charge in [-0.25, -0.2) is 0 Å². The summed E-state index contributed by atoms with van der Waals surface area (Å²) < 4.78 is 5.96. The van der Waals surface area contributed by atoms with Crippen LogP contribution in [0, 0.1) is 0 Å². The van der Waals surface area contributed by atoms with Gasteiger partial charge in [0.1, 0.15) is 5.75 Å². The Hall–Kier alpha value is -1.06. The van der Waals surface area contributed by atoms with Crippen molar-refractivity contribution in [2.45, 2.75) is 45.8 Å². The average Bonchev–Trinajstić information content (AvgIpc) is 2.39. The number of rotatable bonds is 9. The Morgan fingerprint density at radius 2 is 1.90 bits per heavy atom. The van der Waals surface area contributed by atoms with Gasteiger partial charge in [-0.1, -0.05) is 25.1 Å². The maximum absolute atomic E-state index is 5.96. The fraction of sp³-hybridized carbons (Fsp3) is 0.647. The van der Waals surface area contributed by atoms with Crippen LogP contribution < -0.4 is 10.1 Å². The molecule has 0 heterocycles. The number of hydrogen-bond acceptors (Lipinski definition) is 3. The highest BCUT2D eigenvalue weighted by Crippen LogP contribution is 2.28. The van der Waals surface area contributed by atoms with E-state index in [0.29, 0.717) is 6.04 Å². The SMILES string of the molecule is CCCNC(CCN(C)C)c1ccccc1OC(C)C. The zero-order valence-corrected chi connectivity index (χ0v) is 13.6. The summed E-state index contributed by atoms with van der Waals surface area (Å²) in [6.45, 7) is 8.45. The fourth-order valence-corrected chi connectivity index (χ4v) is 2.20. The van der Waals surface area contributed by atoms with E-state index in [2.05, 4.69) is 63.3 Å². The molecule has 1 N–H and O–H groups in total. The van der Waals surface area contributed by atoms with Gasteiger partial charge >= 0.3 is 0 Å². The second-order valence-electron chi connectivity index (χ2n) is 5.80. The van der Waals surface area contributed by atoms with Crippen LogP contribution in [0.1, 0.15) is 45.2 Å². The molecular formula is C17H30N2O. The number of para-hydroxylation sites is 1. The van der Waals surface area contributed by atoms with Crippen molar-refractivity contribution in [1.29, 1.82) is 0 Å². The van der Waals surface area contributed by atoms with Crippen molar-refractivity contribution >= 4 is 0 Å². The third-order valence-electron chi connectivity index (χ3n) is 3.16. The quantitative estimate of drug-likeness (QED) is 0.748. The Morgan fingerprint density at radius 3 is 2.50 bits per heavy atom. The van der Waals surface area contributed by atoms with E-state index in [-0.39, 0.29) is 6.10 Å². The lowest BCUT2D eigenvalue weighted by Gasteiger charge is -2.24. The molecule has 0 saturated heterocycles. The Balaban J connectivity index is 2.87. The van der Waals surface area contributed by atoms with Crippen molar-refractivity contribution in [3.8, 4) is 5.75 Å². The second-order valence-corrected chi connectivity index (χ2v) is 5.80. The van der Waals surface area contributed by atoms with Crippen LogP contribution in [0.2, 0.25) is 0 Å². The first-order chi connectivity index (χ1) is 9.54. The summed E-state index contributed by atoms with van der Waals surface area (Å²) in [6, 6.07) is 8.75. The van der Waals surface area contributed by atoms with E-state index in [1.165, 1.54) is 5.56 Å². The zero-order valence-electron chi connectivity index (χ0n) is 13.6. The van der Waals surface area contributed by atoms with Gasteiger partial charge < -0.3 is 15.0 Å². The van der Waals surface area contributed by atoms with Gasteiger partial charge in [-0.05, 0) is 59.9 Å². The van der Waals surface area contributed by atoms with Crippen molar-refractivity contribution in [1.82, 2.24) is 10.2 Å². The fourth-order valence-electron chi connectivity index (χ4n) is 2.20. The minimum Gasteiger partial charge on any atom is -0.491 e. The first-order valence-corrected chi connectivity index (χ1v) is 7.68. The van der Waals surface area contributed by atoms with Gasteiger partial charge in [-0.2, -0.15) is 0 Å². The third-order valence-corrected chi connectivity index (χ3v) is 3.16. The molecule has 3 nitrogen and oxygen atoms in total. The van der Waals surface area contributed by atoms with Gasteiger partial charge in [0.15, 0.2) is 0 Å². The lowest BCUT2D eigenvalue weighted by Crippen LogP contribution is -2.27. The van der Waals surface area contributed by atoms with E-state index in [1.807, 2.05) is 6.07 Å². The first kappa shape index (κ1) is 17.0. The van der Waals surface area contributed by atoms with Crippen LogP contribution in [0.4, 0.5) is 0 Å². The zero-order chi connectivity index (χ0) is 15.0. The smallest absolute Gasteiger partial charge is 0.124 e. The third kappa shape index (κ3) is 5.93. The lowest BCUT2D eigenvalue weighted by atomic mass is 10.0. The number of hydrogen-bond donors (Lipinski definition) is 1. The standard InChI is InChI=1S/C17H30N2O/c1-6-12-18-16(11-13-19(4)5)15-9-7-8-10-17(15)20-14(2)3/h7-10,14,16,18H,6,11-13H2,1-5H3. The van der Waals surface area contributed by atoms with Gasteiger partial charge in [-0.15, -0.1) is 0 Å². The predicted molar refractivity (Wildman–Crippen MR) is 86.4 cm³/mol. The lowest BCUT2D eigenvalue weighted by molar-refractivity contribution is 0.236. The number of nitrogens with zero attached hydrogens (tertiary/aromatic N) is 1. The van der Waals surface area contributed by atoms with Crippen LogP contribution in [-0.2, 0) is 0 Å². The Morgan fingerprint density at radius 1 is 1.20 bits per heavy atom. The van der Waals surface area contributed by atoms with Crippen molar-refractivity contribution in [3.05, 3.63) is 29.8 Å². The summed E-state index contributed by atoms with van der Waals surface area (Å²) in [5.41, 5.74) is 1.27. The molecule has 0 radical (unpaired) electrons. The molecule has 1 aromatic carbocycles. The van der Waals surface area contributed by atoms with Gasteiger partial charge in [-0.3, -0.25) is 0 Å². The molecule has 0 saturated carbocycles. The largest absolute Gasteiger partial charge is 0.491 e. The number of nitrogens with one attached hydrogen (secondary N) is 1. The molecular weight excluding hydrogens is 248 g/mol. The minimum atomic E-state index is 0.205. The maximum Gasteiger partial charge on any atom is 0.124 e. The van der Waals surface area contributed by atoms with Gasteiger partial charge in [0.25, 0.3) is 0 Å². The first-order valence-electron chi connectivity index (χ1n) is 7.68. The molecule has 1 aromatic rings. The molecule has 0 aromatic heterocycles. The normalized spacial score (nSPS) is 12.9. The Bertz CT molecular complexity index is 377. The summed E-state index contributed by atoms with van der Waals surface area (Å²) in [4.78, 5) is 2.23. The monoisotopic (exact) mass is 278 g/mol. The van der Waals surface area contributed by atoms with E-state index in [1.54, 1.807) is 0 Å². The highest BCUT2D eigenvalue weighted by atomic mass is 16.5. The minimum absolute atomic E-state index is 0.205. The Labute approximate surface area is 124 Å². The summed E-state index contributed by atoms with van der Waals surface area (Å²) in [5, 5.41) is 3.65. The highest BCUT2D eigenvalue weighted by Gasteiger charge is 2.16. The van der Waals surface area contributed by atoms with Gasteiger partial charge in [0, 0.05) is 11.6 Å². The second kappa shape index (κ2) is 8.98. The van der Waals surface area contributed by atoms with Crippen LogP contribution in [0.25, 0.3) is 0 Å². The van der Waals surface area contributed by atoms with E-state index >= 15 is 0 Å². The molecule has 1 rings (SSSR count). The summed E-state index contributed by atoms with van der Waals surface area (Å²) >= 11 is 0. The van der Waals surface area contributed by atoms with Crippen LogP contribution >= 0.6 is 0 Å². The van der Waals surface area contributed by atoms with Gasteiger partial charge in [0.2, 0.25) is 0 Å². The molecule has 3 heteroatoms. The molecule has 0 aliphatic heterocycles. The van der Waals surface area contributed by atoms with E-state index in [4.69, 9.17) is 4.74 Å². The molecule has 0 amide bonds. The van der Waals surface area contributed by atoms with Crippen molar-refractivity contribution in [2.75, 3.05) is 27.2 Å². The van der Waals surface area contributed by atoms with E-state index in [9.17, 15) is 0 Å². The van der Waals surface area contributed by atoms with Crippen LogP contribution in [-0.4, -0.2) is 38.2 Å². The highest BCUT2D eigenvalue weighted by molar-refractivity contribution is 5.36. The Kier molecular flexibility index (Phi) is 7.63. The van der Waals surface area contributed by atoms with Gasteiger partial charge in [0.05, 0.1) is 6.10 Å². The van der Waals surface area contributed by atoms with Crippen LogP contribution in [0.3, 0.4) is 0 Å². The molecule has 114 valence electrons. The summed E-state index contributed by atoms with van der Waals surface area (Å²) in [7, 11) is 4.24. The molecule has 0 fully saturated rings. The topological polar surface area (TPSA) is 24.5 Å². The predicted octanol–water partition coefficient (Wildman–Crippen LogP) is 3.47. The molecule has 0 bridgehead atoms. The molecule has 0 aliphatic carbocycles. The summed E-state index contributed by atoms with van der Waals surface area (Å²) in [6.07, 6.45) is 2.44. The van der Waals surface area contributed by atoms with Crippen LogP contribution in [0.5, 0.6) is 5.75 Å². The van der Waals surface area contributed by atoms with E-state index < -0.39 is 0 Å². The number of ether oxygens (including phenoxy) is 1. The average molecular weight is 278 g/mol. The molecule has 1 atom stereocenters. The van der Waals surface area contributed by atoms with Crippen molar-refractivity contribution in [2.24, 2.45) is 0 Å². The van der Waals surface area contributed by atoms with Crippen LogP contribution in [0.15, 0.2) is 24.3 Å².